The zero-order chi connectivity index (χ0) is 22.2. The van der Waals surface area contributed by atoms with E-state index in [2.05, 4.69) is 10.3 Å². The van der Waals surface area contributed by atoms with Crippen molar-refractivity contribution in [1.29, 1.82) is 0 Å². The van der Waals surface area contributed by atoms with Crippen LogP contribution >= 0.6 is 0 Å². The number of rotatable bonds is 6. The van der Waals surface area contributed by atoms with Gasteiger partial charge in [0.05, 0.1) is 22.5 Å². The molecule has 0 saturated carbocycles. The number of benzene rings is 1. The molecule has 0 aliphatic carbocycles. The zero-order valence-corrected chi connectivity index (χ0v) is 18.5. The molecule has 8 nitrogen and oxygen atoms in total. The van der Waals surface area contributed by atoms with Gasteiger partial charge in [-0.1, -0.05) is 6.07 Å². The predicted octanol–water partition coefficient (Wildman–Crippen LogP) is 1.81. The highest BCUT2D eigenvalue weighted by molar-refractivity contribution is 7.89. The van der Waals surface area contributed by atoms with Gasteiger partial charge in [-0.25, -0.2) is 8.42 Å². The Labute approximate surface area is 182 Å². The first kappa shape index (κ1) is 21.5. The Hall–Kier alpha value is -2.78. The van der Waals surface area contributed by atoms with Crippen molar-refractivity contribution < 1.29 is 18.0 Å². The number of hydrogen-bond donors (Lipinski definition) is 1. The van der Waals surface area contributed by atoms with Crippen molar-refractivity contribution >= 4 is 27.5 Å². The number of fused-ring (bicyclic) bond motifs is 1. The fourth-order valence-corrected chi connectivity index (χ4v) is 5.64. The third-order valence-corrected chi connectivity index (χ3v) is 7.80. The van der Waals surface area contributed by atoms with Gasteiger partial charge in [0.15, 0.2) is 0 Å². The largest absolute Gasteiger partial charge is 0.349 e. The molecule has 0 unspecified atom stereocenters. The van der Waals surface area contributed by atoms with E-state index in [-0.39, 0.29) is 29.8 Å². The number of carbonyl (C=O) groups excluding carboxylic acids is 2. The van der Waals surface area contributed by atoms with Crippen LogP contribution < -0.4 is 10.2 Å². The Morgan fingerprint density at radius 1 is 1.16 bits per heavy atom. The van der Waals surface area contributed by atoms with Gasteiger partial charge in [0, 0.05) is 25.0 Å². The summed E-state index contributed by atoms with van der Waals surface area (Å²) >= 11 is 0. The molecule has 1 saturated heterocycles. The lowest BCUT2D eigenvalue weighted by molar-refractivity contribution is -0.125. The van der Waals surface area contributed by atoms with Gasteiger partial charge in [0.1, 0.15) is 6.54 Å². The summed E-state index contributed by atoms with van der Waals surface area (Å²) in [6.07, 6.45) is 3.36. The van der Waals surface area contributed by atoms with Gasteiger partial charge in [0.25, 0.3) is 0 Å². The Morgan fingerprint density at radius 3 is 2.58 bits per heavy atom. The number of amides is 2. The summed E-state index contributed by atoms with van der Waals surface area (Å²) in [4.78, 5) is 31.4. The zero-order valence-electron chi connectivity index (χ0n) is 17.7. The summed E-state index contributed by atoms with van der Waals surface area (Å²) in [7, 11) is -3.59. The van der Waals surface area contributed by atoms with Gasteiger partial charge in [-0.15, -0.1) is 0 Å². The highest BCUT2D eigenvalue weighted by atomic mass is 32.2. The Morgan fingerprint density at radius 2 is 1.90 bits per heavy atom. The van der Waals surface area contributed by atoms with Gasteiger partial charge in [-0.2, -0.15) is 4.31 Å². The maximum Gasteiger partial charge on any atom is 0.243 e. The van der Waals surface area contributed by atoms with E-state index in [0.717, 1.165) is 18.5 Å². The molecule has 31 heavy (non-hydrogen) atoms. The lowest BCUT2D eigenvalue weighted by Gasteiger charge is -2.20. The van der Waals surface area contributed by atoms with E-state index in [9.17, 15) is 18.0 Å². The molecule has 2 aromatic rings. The molecule has 4 rings (SSSR count). The summed E-state index contributed by atoms with van der Waals surface area (Å²) < 4.78 is 27.4. The molecule has 0 atom stereocenters. The SMILES string of the molecule is CC1(C)C(=O)N(CC(=O)NCc2ccccn2)c2ccc(S(=O)(=O)N3CCCC3)cc21. The number of pyridine rings is 1. The molecule has 3 heterocycles. The number of sulfonamides is 1. The third kappa shape index (κ3) is 3.95. The van der Waals surface area contributed by atoms with E-state index in [0.29, 0.717) is 24.3 Å². The molecular formula is C22H26N4O4S. The fraction of sp³-hybridized carbons (Fsp3) is 0.409. The highest BCUT2D eigenvalue weighted by Crippen LogP contribution is 2.42. The smallest absolute Gasteiger partial charge is 0.243 e. The summed E-state index contributed by atoms with van der Waals surface area (Å²) in [6.45, 7) is 4.68. The Bertz CT molecular complexity index is 1110. The van der Waals surface area contributed by atoms with Gasteiger partial charge in [-0.3, -0.25) is 14.6 Å². The molecule has 0 spiro atoms. The minimum Gasteiger partial charge on any atom is -0.349 e. The lowest BCUT2D eigenvalue weighted by atomic mass is 9.86. The van der Waals surface area contributed by atoms with Gasteiger partial charge in [-0.05, 0) is 62.6 Å². The number of aromatic nitrogens is 1. The van der Waals surface area contributed by atoms with Crippen LogP contribution in [-0.4, -0.2) is 49.2 Å². The second kappa shape index (κ2) is 8.05. The average molecular weight is 443 g/mol. The van der Waals surface area contributed by atoms with E-state index in [1.54, 1.807) is 38.2 Å². The molecule has 9 heteroatoms. The highest BCUT2D eigenvalue weighted by Gasteiger charge is 2.45. The minimum atomic E-state index is -3.59. The summed E-state index contributed by atoms with van der Waals surface area (Å²) in [5.74, 6) is -0.539. The van der Waals surface area contributed by atoms with E-state index in [1.165, 1.54) is 15.3 Å². The lowest BCUT2D eigenvalue weighted by Crippen LogP contribution is -2.42. The molecule has 2 aliphatic rings. The van der Waals surface area contributed by atoms with Crippen molar-refractivity contribution in [3.63, 3.8) is 0 Å². The molecular weight excluding hydrogens is 416 g/mol. The number of nitrogens with one attached hydrogen (secondary N) is 1. The van der Waals surface area contributed by atoms with E-state index >= 15 is 0 Å². The van der Waals surface area contributed by atoms with Crippen LogP contribution in [0.4, 0.5) is 5.69 Å². The minimum absolute atomic E-state index is 0.139. The van der Waals surface area contributed by atoms with Crippen LogP contribution in [0, 0.1) is 0 Å². The molecule has 1 aromatic carbocycles. The van der Waals surface area contributed by atoms with Crippen molar-refractivity contribution in [2.75, 3.05) is 24.5 Å². The predicted molar refractivity (Wildman–Crippen MR) is 116 cm³/mol. The van der Waals surface area contributed by atoms with Gasteiger partial charge >= 0.3 is 0 Å². The van der Waals surface area contributed by atoms with Crippen molar-refractivity contribution in [1.82, 2.24) is 14.6 Å². The van der Waals surface area contributed by atoms with E-state index in [1.807, 2.05) is 12.1 Å². The maximum absolute atomic E-state index is 13.1. The average Bonchev–Trinajstić information content (AvgIpc) is 3.36. The fourth-order valence-electron chi connectivity index (χ4n) is 4.10. The molecule has 1 aromatic heterocycles. The van der Waals surface area contributed by atoms with Crippen LogP contribution in [0.3, 0.4) is 0 Å². The first-order valence-electron chi connectivity index (χ1n) is 10.3. The van der Waals surface area contributed by atoms with E-state index in [4.69, 9.17) is 0 Å². The number of nitrogens with zero attached hydrogens (tertiary/aromatic N) is 3. The molecule has 1 N–H and O–H groups in total. The van der Waals surface area contributed by atoms with Crippen molar-refractivity contribution in [2.24, 2.45) is 0 Å². The van der Waals surface area contributed by atoms with Crippen LogP contribution in [0.5, 0.6) is 0 Å². The Balaban J connectivity index is 1.56. The molecule has 2 aliphatic heterocycles. The maximum atomic E-state index is 13.1. The normalized spacial score (nSPS) is 18.3. The van der Waals surface area contributed by atoms with Crippen LogP contribution in [0.2, 0.25) is 0 Å². The van der Waals surface area contributed by atoms with Crippen LogP contribution in [0.1, 0.15) is 37.9 Å². The standard InChI is InChI=1S/C22H26N4O4S/c1-22(2)18-13-17(31(29,30)25-11-5-6-12-25)8-9-19(18)26(21(22)28)15-20(27)24-14-16-7-3-4-10-23-16/h3-4,7-10,13H,5-6,11-12,14-15H2,1-2H3,(H,24,27). The third-order valence-electron chi connectivity index (χ3n) is 5.91. The summed E-state index contributed by atoms with van der Waals surface area (Å²) in [6, 6.07) is 10.2. The summed E-state index contributed by atoms with van der Waals surface area (Å²) in [5, 5.41) is 2.78. The topological polar surface area (TPSA) is 99.7 Å². The summed E-state index contributed by atoms with van der Waals surface area (Å²) in [5.41, 5.74) is 0.993. The van der Waals surface area contributed by atoms with Crippen molar-refractivity contribution in [3.05, 3.63) is 53.9 Å². The first-order chi connectivity index (χ1) is 14.7. The van der Waals surface area contributed by atoms with E-state index < -0.39 is 15.4 Å². The van der Waals surface area contributed by atoms with Crippen molar-refractivity contribution in [3.8, 4) is 0 Å². The molecule has 0 radical (unpaired) electrons. The molecule has 1 fully saturated rings. The second-order valence-corrected chi connectivity index (χ2v) is 10.3. The molecule has 0 bridgehead atoms. The first-order valence-corrected chi connectivity index (χ1v) is 11.8. The van der Waals surface area contributed by atoms with Crippen molar-refractivity contribution in [2.45, 2.75) is 43.5 Å². The number of anilines is 1. The van der Waals surface area contributed by atoms with Gasteiger partial charge < -0.3 is 10.2 Å². The number of carbonyl (C=O) groups is 2. The monoisotopic (exact) mass is 442 g/mol. The van der Waals surface area contributed by atoms with Crippen LogP contribution in [0.15, 0.2) is 47.5 Å². The van der Waals surface area contributed by atoms with Gasteiger partial charge in [0.2, 0.25) is 21.8 Å². The molecule has 164 valence electrons. The number of hydrogen-bond acceptors (Lipinski definition) is 5. The second-order valence-electron chi connectivity index (χ2n) is 8.40. The Kier molecular flexibility index (Phi) is 5.57. The van der Waals surface area contributed by atoms with Crippen LogP contribution in [-0.2, 0) is 31.6 Å². The van der Waals surface area contributed by atoms with Crippen LogP contribution in [0.25, 0.3) is 0 Å². The quantitative estimate of drug-likeness (QED) is 0.736. The molecule has 2 amide bonds.